The first-order chi connectivity index (χ1) is 14.3. The molecule has 0 saturated carbocycles. The molecule has 3 rings (SSSR count). The zero-order valence-electron chi connectivity index (χ0n) is 16.5. The summed E-state index contributed by atoms with van der Waals surface area (Å²) in [7, 11) is 0.486. The molecule has 12 heteroatoms. The third-order valence-corrected chi connectivity index (χ3v) is 4.54. The van der Waals surface area contributed by atoms with E-state index in [1.54, 1.807) is 18.2 Å². The van der Waals surface area contributed by atoms with Crippen molar-refractivity contribution in [2.45, 2.75) is 0 Å². The van der Waals surface area contributed by atoms with Gasteiger partial charge in [0.2, 0.25) is 5.75 Å². The van der Waals surface area contributed by atoms with Crippen molar-refractivity contribution in [3.05, 3.63) is 36.5 Å². The molecule has 160 valence electrons. The molecule has 0 spiro atoms. The topological polar surface area (TPSA) is 140 Å². The zero-order chi connectivity index (χ0) is 21.9. The monoisotopic (exact) mass is 435 g/mol. The molecule has 11 nitrogen and oxygen atoms in total. The molecule has 0 atom stereocenters. The van der Waals surface area contributed by atoms with Crippen LogP contribution in [0.2, 0.25) is 0 Å². The van der Waals surface area contributed by atoms with Gasteiger partial charge in [0.1, 0.15) is 19.3 Å². The van der Waals surface area contributed by atoms with Crippen LogP contribution in [-0.2, 0) is 4.57 Å². The number of ether oxygens (including phenoxy) is 4. The summed E-state index contributed by atoms with van der Waals surface area (Å²) < 4.78 is 38.4. The lowest BCUT2D eigenvalue weighted by atomic mass is 10.1. The highest BCUT2D eigenvalue weighted by Gasteiger charge is 2.19. The van der Waals surface area contributed by atoms with E-state index in [1.807, 2.05) is 0 Å². The predicted molar refractivity (Wildman–Crippen MR) is 101 cm³/mol. The molecule has 30 heavy (non-hydrogen) atoms. The molecule has 0 aliphatic heterocycles. The fraction of sp³-hybridized carbons (Fsp3) is 0.222. The summed E-state index contributed by atoms with van der Waals surface area (Å²) in [5, 5.41) is 7.95. The van der Waals surface area contributed by atoms with Gasteiger partial charge in [-0.25, -0.2) is 4.68 Å². The first-order valence-corrected chi connectivity index (χ1v) is 9.88. The first kappa shape index (κ1) is 21.4. The minimum atomic E-state index is -5.33. The number of rotatable bonds is 8. The summed E-state index contributed by atoms with van der Waals surface area (Å²) in [6.45, 7) is 0. The van der Waals surface area contributed by atoms with Crippen LogP contribution >= 0.6 is 7.82 Å². The molecule has 0 aliphatic carbocycles. The molecule has 0 radical (unpaired) electrons. The van der Waals surface area contributed by atoms with Crippen LogP contribution < -0.4 is 33.3 Å². The minimum absolute atomic E-state index is 0.223. The molecule has 0 unspecified atom stereocenters. The van der Waals surface area contributed by atoms with Gasteiger partial charge in [-0.2, -0.15) is 0 Å². The van der Waals surface area contributed by atoms with Gasteiger partial charge >= 0.3 is 0 Å². The third-order valence-electron chi connectivity index (χ3n) is 4.12. The Morgan fingerprint density at radius 2 is 1.57 bits per heavy atom. The maximum Gasteiger partial charge on any atom is 0.203 e. The number of benzene rings is 2. The highest BCUT2D eigenvalue weighted by molar-refractivity contribution is 7.43. The Kier molecular flexibility index (Phi) is 6.16. The van der Waals surface area contributed by atoms with E-state index < -0.39 is 7.82 Å². The van der Waals surface area contributed by atoms with Crippen LogP contribution in [-0.4, -0.2) is 43.4 Å². The summed E-state index contributed by atoms with van der Waals surface area (Å²) in [6.07, 6.45) is 1.39. The van der Waals surface area contributed by atoms with Crippen molar-refractivity contribution in [3.8, 4) is 45.7 Å². The van der Waals surface area contributed by atoms with E-state index in [0.717, 1.165) is 0 Å². The van der Waals surface area contributed by atoms with Crippen molar-refractivity contribution in [2.24, 2.45) is 0 Å². The van der Waals surface area contributed by atoms with Crippen LogP contribution in [0.25, 0.3) is 16.9 Å². The van der Waals surface area contributed by atoms with Gasteiger partial charge in [-0.15, -0.1) is 5.10 Å². The third kappa shape index (κ3) is 4.33. The smallest absolute Gasteiger partial charge is 0.203 e. The van der Waals surface area contributed by atoms with Gasteiger partial charge in [0.25, 0.3) is 0 Å². The second kappa shape index (κ2) is 8.62. The number of hydrogen-bond acceptors (Lipinski definition) is 10. The van der Waals surface area contributed by atoms with Gasteiger partial charge in [-0.3, -0.25) is 0 Å². The van der Waals surface area contributed by atoms with Crippen LogP contribution in [0.1, 0.15) is 0 Å². The fourth-order valence-electron chi connectivity index (χ4n) is 2.84. The van der Waals surface area contributed by atoms with Crippen LogP contribution in [0.15, 0.2) is 36.5 Å². The maximum atomic E-state index is 11.2. The van der Waals surface area contributed by atoms with Gasteiger partial charge < -0.3 is 37.8 Å². The van der Waals surface area contributed by atoms with Crippen LogP contribution in [0.3, 0.4) is 0 Å². The van der Waals surface area contributed by atoms with Crippen molar-refractivity contribution in [2.75, 3.05) is 28.4 Å². The minimum Gasteiger partial charge on any atom is -0.780 e. The fourth-order valence-corrected chi connectivity index (χ4v) is 3.23. The van der Waals surface area contributed by atoms with Crippen molar-refractivity contribution in [3.63, 3.8) is 0 Å². The van der Waals surface area contributed by atoms with Gasteiger partial charge in [0.15, 0.2) is 11.5 Å². The van der Waals surface area contributed by atoms with Gasteiger partial charge in [-0.1, -0.05) is 5.21 Å². The SMILES string of the molecule is COc1ccc(-c2cnnn2-c2cc(OC)c(OC)c(OC)c2)c(OP(=O)([O-])[O-])c1. The number of phosphoric acid groups is 1. The zero-order valence-corrected chi connectivity index (χ0v) is 17.4. The highest BCUT2D eigenvalue weighted by Crippen LogP contribution is 2.42. The Balaban J connectivity index is 2.18. The molecule has 0 N–H and O–H groups in total. The van der Waals surface area contributed by atoms with Crippen LogP contribution in [0.4, 0.5) is 0 Å². The molecule has 0 amide bonds. The Morgan fingerprint density at radius 1 is 0.900 bits per heavy atom. The summed E-state index contributed by atoms with van der Waals surface area (Å²) in [4.78, 5) is 22.5. The van der Waals surface area contributed by atoms with E-state index in [9.17, 15) is 14.4 Å². The van der Waals surface area contributed by atoms with Crippen LogP contribution in [0.5, 0.6) is 28.7 Å². The van der Waals surface area contributed by atoms with E-state index in [-0.39, 0.29) is 11.3 Å². The lowest BCUT2D eigenvalue weighted by Gasteiger charge is -2.30. The largest absolute Gasteiger partial charge is 0.780 e. The molecule has 1 heterocycles. The summed E-state index contributed by atoms with van der Waals surface area (Å²) in [6, 6.07) is 7.65. The van der Waals surface area contributed by atoms with Crippen LogP contribution in [0, 0.1) is 0 Å². The quantitative estimate of drug-likeness (QED) is 0.474. The average Bonchev–Trinajstić information content (AvgIpc) is 3.20. The summed E-state index contributed by atoms with van der Waals surface area (Å²) in [5.74, 6) is 1.22. The number of methoxy groups -OCH3 is 4. The lowest BCUT2D eigenvalue weighted by molar-refractivity contribution is -0.333. The normalized spacial score (nSPS) is 11.1. The van der Waals surface area contributed by atoms with Gasteiger partial charge in [0.05, 0.1) is 46.0 Å². The molecule has 0 fully saturated rings. The predicted octanol–water partition coefficient (Wildman–Crippen LogP) is 1.18. The van der Waals surface area contributed by atoms with E-state index >= 15 is 0 Å². The summed E-state index contributed by atoms with van der Waals surface area (Å²) in [5.41, 5.74) is 1.07. The molecule has 0 bridgehead atoms. The molecular weight excluding hydrogens is 417 g/mol. The number of aromatic nitrogens is 3. The van der Waals surface area contributed by atoms with Crippen molar-refractivity contribution >= 4 is 7.82 Å². The Morgan fingerprint density at radius 3 is 2.10 bits per heavy atom. The van der Waals surface area contributed by atoms with E-state index in [4.69, 9.17) is 18.9 Å². The van der Waals surface area contributed by atoms with Gasteiger partial charge in [0, 0.05) is 23.8 Å². The number of hydrogen-bond donors (Lipinski definition) is 0. The maximum absolute atomic E-state index is 11.2. The number of nitrogens with zero attached hydrogens (tertiary/aromatic N) is 3. The number of phosphoric ester groups is 1. The second-order valence-corrected chi connectivity index (χ2v) is 6.89. The Hall–Kier alpha value is -3.27. The summed E-state index contributed by atoms with van der Waals surface area (Å²) >= 11 is 0. The van der Waals surface area contributed by atoms with E-state index in [2.05, 4.69) is 14.8 Å². The molecule has 1 aromatic heterocycles. The van der Waals surface area contributed by atoms with Crippen molar-refractivity contribution in [1.82, 2.24) is 15.0 Å². The highest BCUT2D eigenvalue weighted by atomic mass is 31.2. The van der Waals surface area contributed by atoms with E-state index in [0.29, 0.717) is 34.4 Å². The standard InChI is InChI=1S/C18H20N3O8P/c1-25-12-5-6-13(15(9-12)29-30(22,23)24)14-10-19-20-21(14)11-7-16(26-2)18(28-4)17(8-11)27-3/h5-10H,1-4H3,(H2,22,23,24)/p-2. The first-order valence-electron chi connectivity index (χ1n) is 8.42. The average molecular weight is 435 g/mol. The van der Waals surface area contributed by atoms with Crippen molar-refractivity contribution in [1.29, 1.82) is 0 Å². The second-order valence-electron chi connectivity index (χ2n) is 5.82. The van der Waals surface area contributed by atoms with Crippen molar-refractivity contribution < 1.29 is 37.8 Å². The molecule has 0 aliphatic rings. The van der Waals surface area contributed by atoms with Gasteiger partial charge in [-0.05, 0) is 12.1 Å². The molecule has 2 aromatic carbocycles. The molecule has 3 aromatic rings. The Bertz CT molecular complexity index is 1070. The van der Waals surface area contributed by atoms with E-state index in [1.165, 1.54) is 51.5 Å². The molecular formula is C18H18N3O8P-2. The lowest BCUT2D eigenvalue weighted by Crippen LogP contribution is -2.19. The molecule has 0 saturated heterocycles. The Labute approximate surface area is 172 Å².